The van der Waals surface area contributed by atoms with Crippen molar-refractivity contribution < 1.29 is 29.0 Å². The third-order valence-electron chi connectivity index (χ3n) is 8.27. The summed E-state index contributed by atoms with van der Waals surface area (Å²) in [5.41, 5.74) is 7.63. The lowest BCUT2D eigenvalue weighted by Crippen LogP contribution is -2.42. The van der Waals surface area contributed by atoms with E-state index < -0.39 is 18.1 Å². The molecule has 2 N–H and O–H groups in total. The number of hydrogen-bond donors (Lipinski definition) is 2. The van der Waals surface area contributed by atoms with E-state index in [-0.39, 0.29) is 18.9 Å². The van der Waals surface area contributed by atoms with E-state index in [2.05, 4.69) is 23.3 Å². The first-order valence-corrected chi connectivity index (χ1v) is 15.5. The molecule has 1 aliphatic heterocycles. The van der Waals surface area contributed by atoms with Crippen LogP contribution in [0.25, 0.3) is 11.1 Å². The summed E-state index contributed by atoms with van der Waals surface area (Å²) in [4.78, 5) is 43.6. The van der Waals surface area contributed by atoms with Crippen LogP contribution in [0.4, 0.5) is 10.5 Å². The monoisotopic (exact) mass is 624 g/mol. The van der Waals surface area contributed by atoms with Crippen molar-refractivity contribution in [2.45, 2.75) is 58.6 Å². The number of fused-ring (bicyclic) bond motifs is 1. The highest BCUT2D eigenvalue weighted by atomic mass is 16.5. The van der Waals surface area contributed by atoms with Gasteiger partial charge in [-0.05, 0) is 84.7 Å². The van der Waals surface area contributed by atoms with E-state index in [0.717, 1.165) is 52.1 Å². The third kappa shape index (κ3) is 7.93. The summed E-state index contributed by atoms with van der Waals surface area (Å²) in [6.07, 6.45) is 5.23. The standard InChI is InChI=1S/C36H40N4O6/c1-24-9-4-15-33(25(24)2)45-18-8-16-34(41)40-17-7-13-30-29(12-6-14-32(30)40)27-11-5-10-26(19-27)22-46-36(44)38-31(35(42)43)20-28-21-39(3)23-37-28/h4-6,9-12,14-15,19,21,23,31H,7-8,13,16-18,20,22H2,1-3H3,(H,38,44)(H,42,43). The van der Waals surface area contributed by atoms with Gasteiger partial charge in [-0.1, -0.05) is 42.5 Å². The highest BCUT2D eigenvalue weighted by Crippen LogP contribution is 2.36. The molecule has 2 amide bonds. The summed E-state index contributed by atoms with van der Waals surface area (Å²) in [6.45, 7) is 5.22. The van der Waals surface area contributed by atoms with Gasteiger partial charge in [0.2, 0.25) is 5.91 Å². The SMILES string of the molecule is Cc1cccc(OCCCC(=O)N2CCCc3c(-c4cccc(COC(=O)NC(Cc5cn(C)cn5)C(=O)O)c4)cccc32)c1C. The Balaban J connectivity index is 1.20. The average molecular weight is 625 g/mol. The van der Waals surface area contributed by atoms with E-state index in [1.807, 2.05) is 66.4 Å². The van der Waals surface area contributed by atoms with E-state index in [0.29, 0.717) is 31.7 Å². The number of ether oxygens (including phenoxy) is 2. The van der Waals surface area contributed by atoms with E-state index >= 15 is 0 Å². The fourth-order valence-electron chi connectivity index (χ4n) is 5.72. The molecular weight excluding hydrogens is 584 g/mol. The Morgan fingerprint density at radius 2 is 1.87 bits per heavy atom. The highest BCUT2D eigenvalue weighted by Gasteiger charge is 2.25. The number of aryl methyl sites for hydroxylation is 2. The lowest BCUT2D eigenvalue weighted by atomic mass is 9.91. The van der Waals surface area contributed by atoms with Gasteiger partial charge in [0, 0.05) is 38.3 Å². The number of alkyl carbamates (subject to hydrolysis) is 1. The molecule has 1 atom stereocenters. The van der Waals surface area contributed by atoms with Gasteiger partial charge in [0.15, 0.2) is 0 Å². The number of aromatic nitrogens is 2. The van der Waals surface area contributed by atoms with Crippen molar-refractivity contribution in [1.82, 2.24) is 14.9 Å². The molecule has 10 nitrogen and oxygen atoms in total. The van der Waals surface area contributed by atoms with Gasteiger partial charge < -0.3 is 29.4 Å². The van der Waals surface area contributed by atoms with Gasteiger partial charge in [-0.25, -0.2) is 14.6 Å². The molecule has 3 aromatic carbocycles. The Labute approximate surface area is 269 Å². The minimum absolute atomic E-state index is 0.0284. The molecule has 0 radical (unpaired) electrons. The van der Waals surface area contributed by atoms with Crippen molar-refractivity contribution in [1.29, 1.82) is 0 Å². The third-order valence-corrected chi connectivity index (χ3v) is 8.27. The fraction of sp³-hybridized carbons (Fsp3) is 0.333. The summed E-state index contributed by atoms with van der Waals surface area (Å²) < 4.78 is 13.1. The second kappa shape index (κ2) is 14.8. The van der Waals surface area contributed by atoms with Crippen LogP contribution in [0.15, 0.2) is 73.2 Å². The van der Waals surface area contributed by atoms with Gasteiger partial charge in [0.25, 0.3) is 0 Å². The number of benzene rings is 3. The molecule has 5 rings (SSSR count). The van der Waals surface area contributed by atoms with Crippen LogP contribution in [-0.2, 0) is 40.8 Å². The largest absolute Gasteiger partial charge is 0.493 e. The van der Waals surface area contributed by atoms with Gasteiger partial charge in [-0.2, -0.15) is 0 Å². The average Bonchev–Trinajstić information content (AvgIpc) is 3.47. The number of nitrogens with zero attached hydrogens (tertiary/aromatic N) is 3. The zero-order chi connectivity index (χ0) is 32.6. The zero-order valence-electron chi connectivity index (χ0n) is 26.5. The van der Waals surface area contributed by atoms with Crippen LogP contribution < -0.4 is 15.0 Å². The molecule has 46 heavy (non-hydrogen) atoms. The number of carbonyl (C=O) groups excluding carboxylic acids is 2. The predicted molar refractivity (Wildman–Crippen MR) is 175 cm³/mol. The molecule has 0 saturated heterocycles. The maximum absolute atomic E-state index is 13.3. The topological polar surface area (TPSA) is 123 Å². The first-order chi connectivity index (χ1) is 22.2. The van der Waals surface area contributed by atoms with Crippen molar-refractivity contribution in [3.63, 3.8) is 0 Å². The Morgan fingerprint density at radius 3 is 2.65 bits per heavy atom. The number of carboxylic acid groups (broad SMARTS) is 1. The van der Waals surface area contributed by atoms with Crippen LogP contribution in [0.3, 0.4) is 0 Å². The molecule has 0 bridgehead atoms. The number of nitrogens with one attached hydrogen (secondary N) is 1. The van der Waals surface area contributed by atoms with E-state index in [9.17, 15) is 19.5 Å². The Bertz CT molecular complexity index is 1710. The van der Waals surface area contributed by atoms with Crippen LogP contribution in [-0.4, -0.2) is 51.8 Å². The van der Waals surface area contributed by atoms with Crippen LogP contribution in [0.2, 0.25) is 0 Å². The van der Waals surface area contributed by atoms with E-state index in [1.54, 1.807) is 24.1 Å². The molecule has 240 valence electrons. The molecule has 0 fully saturated rings. The molecule has 0 saturated carbocycles. The minimum atomic E-state index is -1.17. The van der Waals surface area contributed by atoms with Gasteiger partial charge >= 0.3 is 12.1 Å². The first kappa shape index (κ1) is 32.3. The van der Waals surface area contributed by atoms with Crippen molar-refractivity contribution in [2.75, 3.05) is 18.1 Å². The van der Waals surface area contributed by atoms with Gasteiger partial charge in [-0.15, -0.1) is 0 Å². The van der Waals surface area contributed by atoms with Crippen molar-refractivity contribution >= 4 is 23.7 Å². The summed E-state index contributed by atoms with van der Waals surface area (Å²) in [5.74, 6) is -0.228. The molecule has 10 heteroatoms. The second-order valence-corrected chi connectivity index (χ2v) is 11.6. The number of hydrogen-bond acceptors (Lipinski definition) is 6. The predicted octanol–water partition coefficient (Wildman–Crippen LogP) is 5.76. The number of aliphatic carboxylic acids is 1. The van der Waals surface area contributed by atoms with Gasteiger partial charge in [0.05, 0.1) is 18.6 Å². The molecule has 0 spiro atoms. The van der Waals surface area contributed by atoms with Crippen LogP contribution in [0.1, 0.15) is 47.2 Å². The molecule has 0 aliphatic carbocycles. The summed E-state index contributed by atoms with van der Waals surface area (Å²) in [5, 5.41) is 12.0. The fourth-order valence-corrected chi connectivity index (χ4v) is 5.72. The Morgan fingerprint density at radius 1 is 1.07 bits per heavy atom. The Kier molecular flexibility index (Phi) is 10.4. The normalized spacial score (nSPS) is 13.1. The number of anilines is 1. The number of rotatable bonds is 12. The number of imidazole rings is 1. The quantitative estimate of drug-likeness (QED) is 0.192. The molecular formula is C36H40N4O6. The second-order valence-electron chi connectivity index (χ2n) is 11.6. The molecule has 1 aromatic heterocycles. The maximum atomic E-state index is 13.3. The van der Waals surface area contributed by atoms with Crippen LogP contribution >= 0.6 is 0 Å². The number of amides is 2. The molecule has 1 aliphatic rings. The highest BCUT2D eigenvalue weighted by molar-refractivity contribution is 5.96. The van der Waals surface area contributed by atoms with Crippen molar-refractivity contribution in [3.8, 4) is 16.9 Å². The summed E-state index contributed by atoms with van der Waals surface area (Å²) in [6, 6.07) is 18.6. The lowest BCUT2D eigenvalue weighted by molar-refractivity contribution is -0.139. The molecule has 1 unspecified atom stereocenters. The van der Waals surface area contributed by atoms with Crippen LogP contribution in [0.5, 0.6) is 5.75 Å². The Hall–Kier alpha value is -5.12. The van der Waals surface area contributed by atoms with Crippen LogP contribution in [0, 0.1) is 13.8 Å². The smallest absolute Gasteiger partial charge is 0.408 e. The minimum Gasteiger partial charge on any atom is -0.493 e. The van der Waals surface area contributed by atoms with Crippen molar-refractivity contribution in [3.05, 3.63) is 101 Å². The molecule has 2 heterocycles. The number of carbonyl (C=O) groups is 3. The first-order valence-electron chi connectivity index (χ1n) is 15.5. The number of carboxylic acids is 1. The van der Waals surface area contributed by atoms with Crippen molar-refractivity contribution in [2.24, 2.45) is 7.05 Å². The zero-order valence-corrected chi connectivity index (χ0v) is 26.5. The van der Waals surface area contributed by atoms with E-state index in [4.69, 9.17) is 9.47 Å². The molecule has 4 aromatic rings. The van der Waals surface area contributed by atoms with E-state index in [1.165, 1.54) is 5.56 Å². The lowest BCUT2D eigenvalue weighted by Gasteiger charge is -2.31. The van der Waals surface area contributed by atoms with Gasteiger partial charge in [0.1, 0.15) is 18.4 Å². The summed E-state index contributed by atoms with van der Waals surface area (Å²) in [7, 11) is 1.79. The van der Waals surface area contributed by atoms with Gasteiger partial charge in [-0.3, -0.25) is 4.79 Å². The summed E-state index contributed by atoms with van der Waals surface area (Å²) >= 11 is 0. The maximum Gasteiger partial charge on any atom is 0.408 e.